The molecule has 1 aromatic heterocycles. The van der Waals surface area contributed by atoms with Crippen LogP contribution in [0.15, 0.2) is 32.7 Å². The number of carboxylic acids is 1. The van der Waals surface area contributed by atoms with Gasteiger partial charge >= 0.3 is 5.97 Å². The summed E-state index contributed by atoms with van der Waals surface area (Å²) in [5.74, 6) is -0.604. The normalized spacial score (nSPS) is 22.1. The molecule has 3 aliphatic heterocycles. The van der Waals surface area contributed by atoms with Gasteiger partial charge in [0.1, 0.15) is 23.7 Å². The van der Waals surface area contributed by atoms with Gasteiger partial charge in [-0.05, 0) is 22.4 Å². The average molecular weight is 542 g/mol. The topological polar surface area (TPSA) is 161 Å². The fourth-order valence-electron chi connectivity index (χ4n) is 3.39. The molecular formula is C19H23N7O6S3. The van der Waals surface area contributed by atoms with Crippen LogP contribution in [0.3, 0.4) is 0 Å². The molecule has 1 aromatic rings. The zero-order valence-corrected chi connectivity index (χ0v) is 21.3. The highest BCUT2D eigenvalue weighted by atomic mass is 32.2. The van der Waals surface area contributed by atoms with Gasteiger partial charge in [-0.15, -0.1) is 28.6 Å². The Morgan fingerprint density at radius 2 is 2.29 bits per heavy atom. The van der Waals surface area contributed by atoms with Crippen LogP contribution in [-0.2, 0) is 31.0 Å². The van der Waals surface area contributed by atoms with Crippen molar-refractivity contribution in [2.75, 3.05) is 30.5 Å². The van der Waals surface area contributed by atoms with Crippen molar-refractivity contribution in [3.63, 3.8) is 0 Å². The van der Waals surface area contributed by atoms with Crippen molar-refractivity contribution in [2.24, 2.45) is 12.2 Å². The van der Waals surface area contributed by atoms with E-state index in [2.05, 4.69) is 26.0 Å². The van der Waals surface area contributed by atoms with Gasteiger partial charge in [-0.2, -0.15) is 0 Å². The second kappa shape index (κ2) is 11.3. The molecule has 0 bridgehead atoms. The third-order valence-corrected chi connectivity index (χ3v) is 8.26. The van der Waals surface area contributed by atoms with Gasteiger partial charge in [-0.3, -0.25) is 14.5 Å². The number of aryl methyl sites for hydroxylation is 1. The number of nitrogens with one attached hydrogen (secondary N) is 1. The number of oxime groups is 1. The van der Waals surface area contributed by atoms with Crippen molar-refractivity contribution in [3.8, 4) is 0 Å². The molecule has 0 aromatic carbocycles. The van der Waals surface area contributed by atoms with Crippen LogP contribution in [0.1, 0.15) is 13.3 Å². The zero-order chi connectivity index (χ0) is 24.9. The average Bonchev–Trinajstić information content (AvgIpc) is 3.28. The van der Waals surface area contributed by atoms with Gasteiger partial charge in [-0.25, -0.2) is 9.48 Å². The first kappa shape index (κ1) is 25.4. The summed E-state index contributed by atoms with van der Waals surface area (Å²) in [4.78, 5) is 44.5. The van der Waals surface area contributed by atoms with Gasteiger partial charge in [0.05, 0.1) is 6.61 Å². The Hall–Kier alpha value is -2.72. The SMILES string of the molecule is CCCON=C(C(=O)NC1C(=O)N2C(C(=O)O)=C(CSc3nnnn3C)CS[C@H]12)C1=CSCCO1. The molecule has 16 heteroatoms. The minimum absolute atomic E-state index is 0.0546. The van der Waals surface area contributed by atoms with Crippen LogP contribution >= 0.6 is 35.3 Å². The smallest absolute Gasteiger partial charge is 0.352 e. The lowest BCUT2D eigenvalue weighted by atomic mass is 10.0. The van der Waals surface area contributed by atoms with Crippen molar-refractivity contribution in [3.05, 3.63) is 22.4 Å². The maximum atomic E-state index is 13.0. The number of tetrazole rings is 1. The molecule has 2 N–H and O–H groups in total. The highest BCUT2D eigenvalue weighted by Gasteiger charge is 2.54. The molecule has 3 aliphatic rings. The first-order valence-electron chi connectivity index (χ1n) is 10.6. The lowest BCUT2D eigenvalue weighted by molar-refractivity contribution is -0.150. The number of carbonyl (C=O) groups is 3. The van der Waals surface area contributed by atoms with E-state index < -0.39 is 29.2 Å². The lowest BCUT2D eigenvalue weighted by Crippen LogP contribution is -2.71. The fraction of sp³-hybridized carbons (Fsp3) is 0.526. The molecule has 13 nitrogen and oxygen atoms in total. The van der Waals surface area contributed by atoms with E-state index in [9.17, 15) is 19.5 Å². The van der Waals surface area contributed by atoms with Gasteiger partial charge in [0.2, 0.25) is 10.9 Å². The summed E-state index contributed by atoms with van der Waals surface area (Å²) >= 11 is 4.15. The summed E-state index contributed by atoms with van der Waals surface area (Å²) in [6.45, 7) is 2.65. The van der Waals surface area contributed by atoms with Crippen LogP contribution in [-0.4, -0.2) is 95.6 Å². The van der Waals surface area contributed by atoms with Gasteiger partial charge in [-0.1, -0.05) is 23.8 Å². The molecule has 4 heterocycles. The molecule has 1 saturated heterocycles. The van der Waals surface area contributed by atoms with E-state index in [1.807, 2.05) is 6.92 Å². The standard InChI is InChI=1S/C19H23N7O6S3/c1-3-4-32-22-12(11-9-33-6-5-31-11)15(27)20-13-16(28)26-14(18(29)30)10(7-34-17(13)26)8-35-19-21-23-24-25(19)2/h9,13,17H,3-8H2,1-2H3,(H,20,27)(H,29,30)/t13?,17-/m1/s1. The monoisotopic (exact) mass is 541 g/mol. The van der Waals surface area contributed by atoms with E-state index in [4.69, 9.17) is 9.57 Å². The predicted octanol–water partition coefficient (Wildman–Crippen LogP) is 0.428. The molecular weight excluding hydrogens is 518 g/mol. The van der Waals surface area contributed by atoms with Crippen LogP contribution in [0.4, 0.5) is 0 Å². The maximum absolute atomic E-state index is 13.0. The van der Waals surface area contributed by atoms with E-state index in [0.29, 0.717) is 41.9 Å². The van der Waals surface area contributed by atoms with Gasteiger partial charge in [0.25, 0.3) is 11.8 Å². The molecule has 0 aliphatic carbocycles. The number of hydrogen-bond acceptors (Lipinski definition) is 12. The molecule has 35 heavy (non-hydrogen) atoms. The van der Waals surface area contributed by atoms with E-state index >= 15 is 0 Å². The number of nitrogens with zero attached hydrogens (tertiary/aromatic N) is 6. The Morgan fingerprint density at radius 1 is 1.46 bits per heavy atom. The third kappa shape index (κ3) is 5.43. The molecule has 0 spiro atoms. The van der Waals surface area contributed by atoms with Crippen LogP contribution in [0.2, 0.25) is 0 Å². The van der Waals surface area contributed by atoms with Crippen molar-refractivity contribution >= 4 is 58.8 Å². The fourth-order valence-corrected chi connectivity index (χ4v) is 6.35. The summed E-state index contributed by atoms with van der Waals surface area (Å²) in [5.41, 5.74) is 0.459. The predicted molar refractivity (Wildman–Crippen MR) is 129 cm³/mol. The largest absolute Gasteiger partial charge is 0.490 e. The number of thioether (sulfide) groups is 3. The quantitative estimate of drug-likeness (QED) is 0.138. The summed E-state index contributed by atoms with van der Waals surface area (Å²) in [5, 5.41) is 29.3. The van der Waals surface area contributed by atoms with Crippen LogP contribution in [0.5, 0.6) is 0 Å². The third-order valence-electron chi connectivity index (χ3n) is 5.04. The van der Waals surface area contributed by atoms with Crippen LogP contribution in [0.25, 0.3) is 0 Å². The number of carboxylic acid groups (broad SMARTS) is 1. The summed E-state index contributed by atoms with van der Waals surface area (Å²) in [6, 6.07) is -0.896. The second-order valence-electron chi connectivity index (χ2n) is 7.47. The maximum Gasteiger partial charge on any atom is 0.352 e. The van der Waals surface area contributed by atoms with Gasteiger partial charge in [0.15, 0.2) is 5.76 Å². The number of amides is 2. The molecule has 4 rings (SSSR count). The first-order valence-corrected chi connectivity index (χ1v) is 13.7. The van der Waals surface area contributed by atoms with Gasteiger partial charge in [0, 0.05) is 29.7 Å². The first-order chi connectivity index (χ1) is 16.9. The Morgan fingerprint density at radius 3 is 2.94 bits per heavy atom. The van der Waals surface area contributed by atoms with Crippen molar-refractivity contribution < 1.29 is 29.1 Å². The number of carbonyl (C=O) groups excluding carboxylic acids is 2. The molecule has 1 unspecified atom stereocenters. The number of hydrogen-bond donors (Lipinski definition) is 2. The lowest BCUT2D eigenvalue weighted by Gasteiger charge is -2.49. The molecule has 1 fully saturated rings. The minimum atomic E-state index is -1.20. The Kier molecular flexibility index (Phi) is 8.22. The number of aliphatic carboxylic acids is 1. The summed E-state index contributed by atoms with van der Waals surface area (Å²) in [6.07, 6.45) is 0.708. The molecule has 0 radical (unpaired) electrons. The van der Waals surface area contributed by atoms with Crippen LogP contribution < -0.4 is 5.32 Å². The van der Waals surface area contributed by atoms with Crippen molar-refractivity contribution in [2.45, 2.75) is 29.9 Å². The minimum Gasteiger partial charge on any atom is -0.490 e. The van der Waals surface area contributed by atoms with E-state index in [-0.39, 0.29) is 17.2 Å². The highest BCUT2D eigenvalue weighted by molar-refractivity contribution is 8.02. The highest BCUT2D eigenvalue weighted by Crippen LogP contribution is 2.41. The van der Waals surface area contributed by atoms with E-state index in [0.717, 1.165) is 5.75 Å². The van der Waals surface area contributed by atoms with Gasteiger partial charge < -0.3 is 20.0 Å². The van der Waals surface area contributed by atoms with Crippen molar-refractivity contribution in [1.29, 1.82) is 0 Å². The Labute approximate surface area is 213 Å². The summed E-state index contributed by atoms with van der Waals surface area (Å²) in [7, 11) is 1.69. The molecule has 0 saturated carbocycles. The second-order valence-corrected chi connectivity index (χ2v) is 10.5. The number of β-lactam (4-membered cyclic amide) rings is 1. The number of rotatable bonds is 10. The number of aromatic nitrogens is 4. The van der Waals surface area contributed by atoms with E-state index in [1.165, 1.54) is 44.9 Å². The number of fused-ring (bicyclic) bond motifs is 1. The summed E-state index contributed by atoms with van der Waals surface area (Å²) < 4.78 is 7.04. The zero-order valence-electron chi connectivity index (χ0n) is 18.9. The van der Waals surface area contributed by atoms with Crippen molar-refractivity contribution in [1.82, 2.24) is 30.4 Å². The van der Waals surface area contributed by atoms with Crippen LogP contribution in [0, 0.1) is 0 Å². The molecule has 2 atom stereocenters. The number of ether oxygens (including phenoxy) is 1. The Balaban J connectivity index is 1.47. The molecule has 2 amide bonds. The van der Waals surface area contributed by atoms with E-state index in [1.54, 1.807) is 12.5 Å². The Bertz CT molecular complexity index is 1100. The molecule has 188 valence electrons.